The molecule has 2 aromatic rings. The van der Waals surface area contributed by atoms with Crippen molar-refractivity contribution in [1.29, 1.82) is 0 Å². The van der Waals surface area contributed by atoms with Gasteiger partial charge in [0.25, 0.3) is 11.5 Å². The number of nitrogens with zero attached hydrogens (tertiary/aromatic N) is 5. The maximum absolute atomic E-state index is 12.8. The van der Waals surface area contributed by atoms with Crippen molar-refractivity contribution in [1.82, 2.24) is 24.3 Å². The summed E-state index contributed by atoms with van der Waals surface area (Å²) in [5.41, 5.74) is 2.73. The maximum Gasteiger partial charge on any atom is 0.267 e. The molecule has 0 radical (unpaired) electrons. The zero-order valence-electron chi connectivity index (χ0n) is 13.6. The lowest BCUT2D eigenvalue weighted by Crippen LogP contribution is -2.40. The molecule has 1 saturated heterocycles. The Labute approximate surface area is 143 Å². The van der Waals surface area contributed by atoms with E-state index in [-0.39, 0.29) is 17.5 Å². The van der Waals surface area contributed by atoms with Crippen LogP contribution >= 0.6 is 11.5 Å². The Morgan fingerprint density at radius 1 is 1.38 bits per heavy atom. The van der Waals surface area contributed by atoms with Crippen LogP contribution in [0.3, 0.4) is 0 Å². The van der Waals surface area contributed by atoms with E-state index in [0.29, 0.717) is 23.7 Å². The summed E-state index contributed by atoms with van der Waals surface area (Å²) in [5, 5.41) is 8.46. The van der Waals surface area contributed by atoms with Crippen molar-refractivity contribution in [3.63, 3.8) is 0 Å². The molecule has 126 valence electrons. The molecule has 4 rings (SSSR count). The van der Waals surface area contributed by atoms with Crippen LogP contribution in [0.4, 0.5) is 0 Å². The molecule has 3 heterocycles. The number of rotatable bonds is 3. The number of hydrogen-bond donors (Lipinski definition) is 0. The fraction of sp³-hybridized carbons (Fsp3) is 0.562. The van der Waals surface area contributed by atoms with E-state index in [9.17, 15) is 9.59 Å². The Hall–Kier alpha value is -2.09. The van der Waals surface area contributed by atoms with E-state index < -0.39 is 0 Å². The molecule has 1 atom stereocenters. The molecule has 0 aromatic carbocycles. The van der Waals surface area contributed by atoms with Crippen LogP contribution in [0, 0.1) is 6.92 Å². The van der Waals surface area contributed by atoms with Crippen molar-refractivity contribution in [2.24, 2.45) is 0 Å². The summed E-state index contributed by atoms with van der Waals surface area (Å²) in [5.74, 6) is -0.0285. The Kier molecular flexibility index (Phi) is 3.91. The fourth-order valence-corrected chi connectivity index (χ4v) is 4.23. The second-order valence-corrected chi connectivity index (χ2v) is 7.23. The van der Waals surface area contributed by atoms with Crippen LogP contribution in [0.2, 0.25) is 0 Å². The minimum absolute atomic E-state index is 0.00338. The normalized spacial score (nSPS) is 19.7. The maximum atomic E-state index is 12.8. The van der Waals surface area contributed by atoms with Gasteiger partial charge < -0.3 is 4.90 Å². The van der Waals surface area contributed by atoms with Crippen LogP contribution in [0.15, 0.2) is 10.9 Å². The molecule has 1 fully saturated rings. The fourth-order valence-electron chi connectivity index (χ4n) is 3.62. The van der Waals surface area contributed by atoms with Gasteiger partial charge in [-0.1, -0.05) is 4.49 Å². The van der Waals surface area contributed by atoms with Crippen LogP contribution in [-0.2, 0) is 19.4 Å². The van der Waals surface area contributed by atoms with E-state index in [1.807, 2.05) is 4.90 Å². The van der Waals surface area contributed by atoms with Crippen molar-refractivity contribution in [3.05, 3.63) is 38.2 Å². The average Bonchev–Trinajstić information content (AvgIpc) is 3.28. The summed E-state index contributed by atoms with van der Waals surface area (Å²) in [6, 6.07) is 1.72. The monoisotopic (exact) mass is 345 g/mol. The Bertz CT molecular complexity index is 843. The lowest BCUT2D eigenvalue weighted by Gasteiger charge is -2.24. The van der Waals surface area contributed by atoms with Crippen LogP contribution < -0.4 is 5.56 Å². The molecule has 1 unspecified atom stereocenters. The third-order valence-electron chi connectivity index (χ3n) is 4.89. The predicted molar refractivity (Wildman–Crippen MR) is 89.2 cm³/mol. The standard InChI is InChI=1S/C16H19N5O2S/c1-10-15(24-19-17-10)16(23)20-7-3-5-12(20)9-21-14(22)8-11-4-2-6-13(11)18-21/h8,12H,2-7,9H2,1H3. The van der Waals surface area contributed by atoms with Crippen LogP contribution in [-0.4, -0.2) is 42.8 Å². The van der Waals surface area contributed by atoms with Gasteiger partial charge in [0.05, 0.1) is 24.0 Å². The molecule has 2 aromatic heterocycles. The smallest absolute Gasteiger partial charge is 0.267 e. The van der Waals surface area contributed by atoms with Gasteiger partial charge >= 0.3 is 0 Å². The molecule has 0 bridgehead atoms. The highest BCUT2D eigenvalue weighted by Crippen LogP contribution is 2.24. The van der Waals surface area contributed by atoms with Crippen LogP contribution in [0.25, 0.3) is 0 Å². The largest absolute Gasteiger partial charge is 0.333 e. The molecular weight excluding hydrogens is 326 g/mol. The van der Waals surface area contributed by atoms with Crippen molar-refractivity contribution in [2.75, 3.05) is 6.54 Å². The highest BCUT2D eigenvalue weighted by molar-refractivity contribution is 7.07. The summed E-state index contributed by atoms with van der Waals surface area (Å²) in [7, 11) is 0. The lowest BCUT2D eigenvalue weighted by atomic mass is 10.2. The highest BCUT2D eigenvalue weighted by atomic mass is 32.1. The second kappa shape index (κ2) is 6.08. The number of fused-ring (bicyclic) bond motifs is 1. The first-order chi connectivity index (χ1) is 11.6. The van der Waals surface area contributed by atoms with E-state index in [4.69, 9.17) is 0 Å². The topological polar surface area (TPSA) is 81.0 Å². The van der Waals surface area contributed by atoms with Gasteiger partial charge in [0, 0.05) is 12.6 Å². The van der Waals surface area contributed by atoms with Gasteiger partial charge in [0.1, 0.15) is 4.88 Å². The van der Waals surface area contributed by atoms with E-state index in [2.05, 4.69) is 14.7 Å². The molecular formula is C16H19N5O2S. The number of carbonyl (C=O) groups is 1. The zero-order valence-corrected chi connectivity index (χ0v) is 14.4. The van der Waals surface area contributed by atoms with Gasteiger partial charge in [-0.3, -0.25) is 9.59 Å². The predicted octanol–water partition coefficient (Wildman–Crippen LogP) is 1.20. The van der Waals surface area contributed by atoms with Crippen LogP contribution in [0.5, 0.6) is 0 Å². The van der Waals surface area contributed by atoms with Gasteiger partial charge in [-0.25, -0.2) is 4.68 Å². The Morgan fingerprint density at radius 3 is 3.04 bits per heavy atom. The van der Waals surface area contributed by atoms with Gasteiger partial charge in [-0.15, -0.1) is 5.10 Å². The first kappa shape index (κ1) is 15.4. The number of aromatic nitrogens is 4. The average molecular weight is 345 g/mol. The summed E-state index contributed by atoms with van der Waals surface area (Å²) in [6.45, 7) is 2.97. The zero-order chi connectivity index (χ0) is 16.7. The number of likely N-dealkylation sites (tertiary alicyclic amines) is 1. The molecule has 2 aliphatic rings. The summed E-state index contributed by atoms with van der Waals surface area (Å²) >= 11 is 1.14. The molecule has 0 saturated carbocycles. The van der Waals surface area contributed by atoms with Gasteiger partial charge in [-0.2, -0.15) is 5.10 Å². The third-order valence-corrected chi connectivity index (χ3v) is 5.71. The lowest BCUT2D eigenvalue weighted by molar-refractivity contribution is 0.0724. The number of aryl methyl sites for hydroxylation is 3. The van der Waals surface area contributed by atoms with Gasteiger partial charge in [0.2, 0.25) is 0 Å². The summed E-state index contributed by atoms with van der Waals surface area (Å²) < 4.78 is 5.39. The Balaban J connectivity index is 1.57. The molecule has 1 aliphatic heterocycles. The third kappa shape index (κ3) is 2.64. The van der Waals surface area contributed by atoms with Gasteiger partial charge in [0.15, 0.2) is 0 Å². The van der Waals surface area contributed by atoms with Crippen molar-refractivity contribution in [3.8, 4) is 0 Å². The molecule has 0 N–H and O–H groups in total. The van der Waals surface area contributed by atoms with Crippen LogP contribution in [0.1, 0.15) is 45.9 Å². The molecule has 8 heteroatoms. The number of carbonyl (C=O) groups excluding carboxylic acids is 1. The quantitative estimate of drug-likeness (QED) is 0.835. The SMILES string of the molecule is Cc1nnsc1C(=O)N1CCCC1Cn1nc2c(cc1=O)CCC2. The molecule has 24 heavy (non-hydrogen) atoms. The number of amides is 1. The van der Waals surface area contributed by atoms with Crippen molar-refractivity contribution in [2.45, 2.75) is 51.6 Å². The molecule has 1 amide bonds. The van der Waals surface area contributed by atoms with Crippen molar-refractivity contribution >= 4 is 17.4 Å². The van der Waals surface area contributed by atoms with E-state index in [1.54, 1.807) is 13.0 Å². The summed E-state index contributed by atoms with van der Waals surface area (Å²) in [4.78, 5) is 27.5. The first-order valence-electron chi connectivity index (χ1n) is 8.33. The Morgan fingerprint density at radius 2 is 2.25 bits per heavy atom. The van der Waals surface area contributed by atoms with Gasteiger partial charge in [-0.05, 0) is 56.1 Å². The summed E-state index contributed by atoms with van der Waals surface area (Å²) in [6.07, 6.45) is 4.79. The van der Waals surface area contributed by atoms with E-state index in [1.165, 1.54) is 4.68 Å². The molecule has 1 aliphatic carbocycles. The van der Waals surface area contributed by atoms with E-state index >= 15 is 0 Å². The molecule has 0 spiro atoms. The van der Waals surface area contributed by atoms with E-state index in [0.717, 1.165) is 54.9 Å². The second-order valence-electron chi connectivity index (χ2n) is 6.47. The molecule has 7 nitrogen and oxygen atoms in total. The highest BCUT2D eigenvalue weighted by Gasteiger charge is 2.32. The number of hydrogen-bond acceptors (Lipinski definition) is 6. The minimum atomic E-state index is -0.0643. The minimum Gasteiger partial charge on any atom is -0.333 e. The first-order valence-corrected chi connectivity index (χ1v) is 9.10. The van der Waals surface area contributed by atoms with Crippen molar-refractivity contribution < 1.29 is 4.79 Å².